The van der Waals surface area contributed by atoms with Crippen molar-refractivity contribution in [2.45, 2.75) is 25.6 Å². The first-order valence-electron chi connectivity index (χ1n) is 7.04. The molecule has 1 N–H and O–H groups in total. The third-order valence-corrected chi connectivity index (χ3v) is 3.83. The number of nitro benzene ring substituents is 1. The Hall–Kier alpha value is -1.67. The van der Waals surface area contributed by atoms with Crippen molar-refractivity contribution in [2.75, 3.05) is 26.2 Å². The average molecular weight is 317 g/mol. The summed E-state index contributed by atoms with van der Waals surface area (Å²) in [7, 11) is 0. The molecule has 1 saturated heterocycles. The number of nitrogens with one attached hydrogen (secondary N) is 1. The molecule has 22 heavy (non-hydrogen) atoms. The van der Waals surface area contributed by atoms with Gasteiger partial charge in [0.2, 0.25) is 0 Å². The standard InChI is InChI=1S/C14H18F3N3O2/c1-10-2-3-11(8-12(10)20(21)22)13(9-14(15,16)17)19-6-4-18-5-7-19/h2-3,8,13,18H,4-7,9H2,1H3/t13-/m1/s1. The topological polar surface area (TPSA) is 58.4 Å². The highest BCUT2D eigenvalue weighted by molar-refractivity contribution is 5.43. The molecule has 122 valence electrons. The molecule has 0 unspecified atom stereocenters. The van der Waals surface area contributed by atoms with Crippen LogP contribution in [0.2, 0.25) is 0 Å². The van der Waals surface area contributed by atoms with Crippen LogP contribution in [-0.4, -0.2) is 42.2 Å². The van der Waals surface area contributed by atoms with Crippen LogP contribution < -0.4 is 5.32 Å². The predicted octanol–water partition coefficient (Wildman–Crippen LogP) is 2.80. The summed E-state index contributed by atoms with van der Waals surface area (Å²) in [5.74, 6) is 0. The molecule has 0 aromatic heterocycles. The Morgan fingerprint density at radius 3 is 2.55 bits per heavy atom. The second-order valence-electron chi connectivity index (χ2n) is 5.42. The SMILES string of the molecule is Cc1ccc([C@@H](CC(F)(F)F)N2CCNCC2)cc1[N+](=O)[O-]. The maximum Gasteiger partial charge on any atom is 0.390 e. The lowest BCUT2D eigenvalue weighted by molar-refractivity contribution is -0.385. The van der Waals surface area contributed by atoms with Crippen LogP contribution >= 0.6 is 0 Å². The predicted molar refractivity (Wildman–Crippen MR) is 75.7 cm³/mol. The van der Waals surface area contributed by atoms with Crippen molar-refractivity contribution in [3.8, 4) is 0 Å². The molecular formula is C14H18F3N3O2. The first-order valence-corrected chi connectivity index (χ1v) is 7.04. The molecule has 0 aliphatic carbocycles. The molecule has 1 heterocycles. The lowest BCUT2D eigenvalue weighted by atomic mass is 9.98. The van der Waals surface area contributed by atoms with Gasteiger partial charge in [-0.05, 0) is 12.5 Å². The van der Waals surface area contributed by atoms with E-state index in [4.69, 9.17) is 0 Å². The molecule has 1 fully saturated rings. The van der Waals surface area contributed by atoms with E-state index in [1.807, 2.05) is 0 Å². The fourth-order valence-electron chi connectivity index (χ4n) is 2.70. The highest BCUT2D eigenvalue weighted by Gasteiger charge is 2.36. The summed E-state index contributed by atoms with van der Waals surface area (Å²) in [5.41, 5.74) is 0.649. The van der Waals surface area contributed by atoms with Crippen molar-refractivity contribution in [3.63, 3.8) is 0 Å². The van der Waals surface area contributed by atoms with Crippen molar-refractivity contribution in [1.29, 1.82) is 0 Å². The Kier molecular flexibility index (Phi) is 5.02. The summed E-state index contributed by atoms with van der Waals surface area (Å²) in [6, 6.07) is 3.45. The molecule has 1 aromatic carbocycles. The number of aryl methyl sites for hydroxylation is 1. The van der Waals surface area contributed by atoms with Crippen LogP contribution in [0.5, 0.6) is 0 Å². The Balaban J connectivity index is 2.35. The maximum atomic E-state index is 12.9. The average Bonchev–Trinajstić information content (AvgIpc) is 2.45. The van der Waals surface area contributed by atoms with Gasteiger partial charge in [0.25, 0.3) is 5.69 Å². The van der Waals surface area contributed by atoms with E-state index < -0.39 is 23.6 Å². The number of benzene rings is 1. The summed E-state index contributed by atoms with van der Waals surface area (Å²) in [6.07, 6.45) is -5.33. The van der Waals surface area contributed by atoms with E-state index in [0.717, 1.165) is 0 Å². The zero-order valence-electron chi connectivity index (χ0n) is 12.2. The Morgan fingerprint density at radius 2 is 2.00 bits per heavy atom. The Morgan fingerprint density at radius 1 is 1.36 bits per heavy atom. The first-order chi connectivity index (χ1) is 10.3. The van der Waals surface area contributed by atoms with Gasteiger partial charge >= 0.3 is 6.18 Å². The van der Waals surface area contributed by atoms with E-state index in [-0.39, 0.29) is 5.69 Å². The van der Waals surface area contributed by atoms with Gasteiger partial charge in [-0.2, -0.15) is 13.2 Å². The molecule has 0 bridgehead atoms. The van der Waals surface area contributed by atoms with E-state index in [1.165, 1.54) is 12.1 Å². The van der Waals surface area contributed by atoms with Crippen LogP contribution in [0.3, 0.4) is 0 Å². The monoisotopic (exact) mass is 317 g/mol. The van der Waals surface area contributed by atoms with Crippen molar-refractivity contribution in [1.82, 2.24) is 10.2 Å². The number of nitrogens with zero attached hydrogens (tertiary/aromatic N) is 2. The molecule has 5 nitrogen and oxygen atoms in total. The van der Waals surface area contributed by atoms with Crippen LogP contribution in [0.1, 0.15) is 23.6 Å². The van der Waals surface area contributed by atoms with Crippen molar-refractivity contribution in [3.05, 3.63) is 39.4 Å². The van der Waals surface area contributed by atoms with Gasteiger partial charge in [-0.1, -0.05) is 12.1 Å². The van der Waals surface area contributed by atoms with E-state index >= 15 is 0 Å². The molecule has 2 rings (SSSR count). The summed E-state index contributed by atoms with van der Waals surface area (Å²) in [6.45, 7) is 3.78. The van der Waals surface area contributed by atoms with Crippen molar-refractivity contribution in [2.24, 2.45) is 0 Å². The van der Waals surface area contributed by atoms with Crippen LogP contribution in [0.25, 0.3) is 0 Å². The van der Waals surface area contributed by atoms with Gasteiger partial charge in [0.1, 0.15) is 0 Å². The molecule has 0 spiro atoms. The summed E-state index contributed by atoms with van der Waals surface area (Å²) >= 11 is 0. The van der Waals surface area contributed by atoms with Gasteiger partial charge in [0.15, 0.2) is 0 Å². The van der Waals surface area contributed by atoms with E-state index in [9.17, 15) is 23.3 Å². The number of alkyl halides is 3. The Labute approximate surface area is 126 Å². The van der Waals surface area contributed by atoms with Gasteiger partial charge in [-0.25, -0.2) is 0 Å². The second-order valence-corrected chi connectivity index (χ2v) is 5.42. The maximum absolute atomic E-state index is 12.9. The highest BCUT2D eigenvalue weighted by Crippen LogP contribution is 2.35. The minimum Gasteiger partial charge on any atom is -0.314 e. The number of halogens is 3. The van der Waals surface area contributed by atoms with Crippen molar-refractivity contribution < 1.29 is 18.1 Å². The lowest BCUT2D eigenvalue weighted by Gasteiger charge is -2.35. The number of nitro groups is 1. The van der Waals surface area contributed by atoms with Crippen LogP contribution in [-0.2, 0) is 0 Å². The van der Waals surface area contributed by atoms with Gasteiger partial charge in [0.05, 0.1) is 11.3 Å². The van der Waals surface area contributed by atoms with Crippen LogP contribution in [0.15, 0.2) is 18.2 Å². The third-order valence-electron chi connectivity index (χ3n) is 3.83. The largest absolute Gasteiger partial charge is 0.390 e. The summed E-state index contributed by atoms with van der Waals surface area (Å²) < 4.78 is 38.7. The van der Waals surface area contributed by atoms with Crippen LogP contribution in [0.4, 0.5) is 18.9 Å². The van der Waals surface area contributed by atoms with Crippen molar-refractivity contribution >= 4 is 5.69 Å². The lowest BCUT2D eigenvalue weighted by Crippen LogP contribution is -2.46. The molecular weight excluding hydrogens is 299 g/mol. The Bertz CT molecular complexity index is 543. The molecule has 1 aliphatic heterocycles. The van der Waals surface area contributed by atoms with Gasteiger partial charge < -0.3 is 5.32 Å². The third kappa shape index (κ3) is 4.17. The van der Waals surface area contributed by atoms with E-state index in [1.54, 1.807) is 17.9 Å². The van der Waals surface area contributed by atoms with Gasteiger partial charge in [-0.15, -0.1) is 0 Å². The molecule has 0 amide bonds. The fourth-order valence-corrected chi connectivity index (χ4v) is 2.70. The zero-order chi connectivity index (χ0) is 16.3. The van der Waals surface area contributed by atoms with Gasteiger partial charge in [0, 0.05) is 43.9 Å². The number of hydrogen-bond donors (Lipinski definition) is 1. The quantitative estimate of drug-likeness (QED) is 0.685. The van der Waals surface area contributed by atoms with E-state index in [0.29, 0.717) is 37.3 Å². The molecule has 0 saturated carbocycles. The smallest absolute Gasteiger partial charge is 0.314 e. The molecule has 8 heteroatoms. The van der Waals surface area contributed by atoms with Gasteiger partial charge in [-0.3, -0.25) is 15.0 Å². The number of hydrogen-bond acceptors (Lipinski definition) is 4. The van der Waals surface area contributed by atoms with Crippen LogP contribution in [0, 0.1) is 17.0 Å². The first kappa shape index (κ1) is 16.7. The van der Waals surface area contributed by atoms with E-state index in [2.05, 4.69) is 5.32 Å². The second kappa shape index (κ2) is 6.62. The molecule has 1 atom stereocenters. The molecule has 1 aliphatic rings. The summed E-state index contributed by atoms with van der Waals surface area (Å²) in [5, 5.41) is 14.1. The normalized spacial score (nSPS) is 18.2. The molecule has 0 radical (unpaired) electrons. The zero-order valence-corrected chi connectivity index (χ0v) is 12.2. The highest BCUT2D eigenvalue weighted by atomic mass is 19.4. The number of rotatable bonds is 4. The minimum atomic E-state index is -4.32. The molecule has 1 aromatic rings. The number of piperazine rings is 1. The minimum absolute atomic E-state index is 0.139. The summed E-state index contributed by atoms with van der Waals surface area (Å²) in [4.78, 5) is 12.2. The fraction of sp³-hybridized carbons (Fsp3) is 0.571.